The highest BCUT2D eigenvalue weighted by molar-refractivity contribution is 5.83. The summed E-state index contributed by atoms with van der Waals surface area (Å²) in [5.41, 5.74) is 0. The van der Waals surface area contributed by atoms with Crippen LogP contribution in [-0.4, -0.2) is 19.0 Å². The minimum absolute atomic E-state index is 0.166. The highest BCUT2D eigenvalue weighted by atomic mass is 16.5. The highest BCUT2D eigenvalue weighted by Gasteiger charge is 2.37. The molecule has 0 aliphatic heterocycles. The van der Waals surface area contributed by atoms with Gasteiger partial charge in [-0.15, -0.1) is 0 Å². The molecule has 1 aliphatic carbocycles. The van der Waals surface area contributed by atoms with Crippen LogP contribution in [0.4, 0.5) is 0 Å². The first kappa shape index (κ1) is 18.7. The lowest BCUT2D eigenvalue weighted by molar-refractivity contribution is -0.136. The zero-order valence-electron chi connectivity index (χ0n) is 14.9. The summed E-state index contributed by atoms with van der Waals surface area (Å²) in [7, 11) is 1.72. The third kappa shape index (κ3) is 6.10. The molecule has 0 saturated heterocycles. The number of carbonyl (C=O) groups is 1. The van der Waals surface area contributed by atoms with Crippen molar-refractivity contribution in [3.8, 4) is 0 Å². The van der Waals surface area contributed by atoms with E-state index in [9.17, 15) is 4.79 Å². The number of methoxy groups -OCH3 is 1. The minimum Gasteiger partial charge on any atom is -0.373 e. The molecule has 0 heterocycles. The number of hydrogen-bond donors (Lipinski definition) is 0. The Balaban J connectivity index is 2.41. The molecule has 21 heavy (non-hydrogen) atoms. The molecule has 2 heteroatoms. The van der Waals surface area contributed by atoms with Crippen LogP contribution >= 0.6 is 0 Å². The number of hydrogen-bond acceptors (Lipinski definition) is 2. The predicted molar refractivity (Wildman–Crippen MR) is 89.4 cm³/mol. The third-order valence-electron chi connectivity index (χ3n) is 5.26. The Morgan fingerprint density at radius 1 is 1.10 bits per heavy atom. The van der Waals surface area contributed by atoms with Gasteiger partial charge < -0.3 is 4.74 Å². The fourth-order valence-corrected chi connectivity index (χ4v) is 3.98. The van der Waals surface area contributed by atoms with Crippen molar-refractivity contribution in [1.82, 2.24) is 0 Å². The van der Waals surface area contributed by atoms with Crippen molar-refractivity contribution in [1.29, 1.82) is 0 Å². The van der Waals surface area contributed by atoms with Gasteiger partial charge in [-0.2, -0.15) is 0 Å². The van der Waals surface area contributed by atoms with Crippen LogP contribution < -0.4 is 0 Å². The summed E-state index contributed by atoms with van der Waals surface area (Å²) >= 11 is 0. The van der Waals surface area contributed by atoms with E-state index in [0.717, 1.165) is 12.3 Å². The van der Waals surface area contributed by atoms with E-state index in [1.54, 1.807) is 7.11 Å². The topological polar surface area (TPSA) is 26.3 Å². The van der Waals surface area contributed by atoms with Gasteiger partial charge >= 0.3 is 0 Å². The van der Waals surface area contributed by atoms with Crippen molar-refractivity contribution in [3.63, 3.8) is 0 Å². The summed E-state index contributed by atoms with van der Waals surface area (Å²) in [5, 5.41) is 0. The van der Waals surface area contributed by atoms with E-state index >= 15 is 0 Å². The van der Waals surface area contributed by atoms with Crippen LogP contribution in [-0.2, 0) is 9.53 Å². The molecule has 0 spiro atoms. The minimum atomic E-state index is -0.166. The van der Waals surface area contributed by atoms with Crippen molar-refractivity contribution in [2.75, 3.05) is 7.11 Å². The van der Waals surface area contributed by atoms with Crippen molar-refractivity contribution in [2.45, 2.75) is 85.2 Å². The van der Waals surface area contributed by atoms with Gasteiger partial charge in [0.1, 0.15) is 6.10 Å². The Kier molecular flexibility index (Phi) is 8.55. The Bertz CT molecular complexity index is 288. The van der Waals surface area contributed by atoms with Gasteiger partial charge in [0.05, 0.1) is 0 Å². The smallest absolute Gasteiger partial charge is 0.161 e. The first-order valence-corrected chi connectivity index (χ1v) is 9.02. The summed E-state index contributed by atoms with van der Waals surface area (Å²) in [5.74, 6) is 2.77. The van der Waals surface area contributed by atoms with Crippen LogP contribution in [0.5, 0.6) is 0 Å². The lowest BCUT2D eigenvalue weighted by Crippen LogP contribution is -2.41. The Hall–Kier alpha value is -0.370. The van der Waals surface area contributed by atoms with E-state index in [4.69, 9.17) is 4.74 Å². The second-order valence-electron chi connectivity index (χ2n) is 7.58. The molecule has 1 saturated carbocycles. The fourth-order valence-electron chi connectivity index (χ4n) is 3.98. The maximum atomic E-state index is 12.5. The molecule has 1 rings (SSSR count). The molecule has 0 radical (unpaired) electrons. The number of ketones is 1. The molecule has 3 atom stereocenters. The lowest BCUT2D eigenvalue weighted by atomic mass is 9.70. The summed E-state index contributed by atoms with van der Waals surface area (Å²) < 4.78 is 5.64. The molecule has 0 aromatic heterocycles. The second kappa shape index (κ2) is 9.61. The number of unbranched alkanes of at least 4 members (excludes halogenated alkanes) is 2. The van der Waals surface area contributed by atoms with E-state index < -0.39 is 0 Å². The second-order valence-corrected chi connectivity index (χ2v) is 7.58. The Morgan fingerprint density at radius 3 is 2.24 bits per heavy atom. The number of Topliss-reactive ketones (excluding diaryl/α,β-unsaturated/α-hetero) is 1. The predicted octanol–water partition coefficient (Wildman–Crippen LogP) is 5.25. The first-order chi connectivity index (χ1) is 9.97. The van der Waals surface area contributed by atoms with Crippen molar-refractivity contribution in [2.24, 2.45) is 23.7 Å². The maximum absolute atomic E-state index is 12.5. The van der Waals surface area contributed by atoms with Gasteiger partial charge in [-0.25, -0.2) is 0 Å². The van der Waals surface area contributed by atoms with E-state index in [2.05, 4.69) is 27.7 Å². The van der Waals surface area contributed by atoms with Crippen LogP contribution in [0.1, 0.15) is 79.1 Å². The molecule has 0 N–H and O–H groups in total. The number of carbonyl (C=O) groups excluding carboxylic acids is 1. The zero-order valence-corrected chi connectivity index (χ0v) is 14.9. The fraction of sp³-hybridized carbons (Fsp3) is 0.947. The molecule has 124 valence electrons. The molecular formula is C19H36O2. The largest absolute Gasteiger partial charge is 0.373 e. The van der Waals surface area contributed by atoms with Crippen LogP contribution in [0.15, 0.2) is 0 Å². The van der Waals surface area contributed by atoms with Gasteiger partial charge in [0.15, 0.2) is 5.78 Å². The molecule has 0 aromatic rings. The highest BCUT2D eigenvalue weighted by Crippen LogP contribution is 2.38. The monoisotopic (exact) mass is 296 g/mol. The Morgan fingerprint density at radius 2 is 1.71 bits per heavy atom. The molecule has 2 nitrogen and oxygen atoms in total. The molecule has 1 fully saturated rings. The Labute approximate surface area is 132 Å². The van der Waals surface area contributed by atoms with Gasteiger partial charge in [-0.3, -0.25) is 4.79 Å². The maximum Gasteiger partial charge on any atom is 0.161 e. The molecule has 0 bridgehead atoms. The van der Waals surface area contributed by atoms with Crippen LogP contribution in [0, 0.1) is 23.7 Å². The average Bonchev–Trinajstić information content (AvgIpc) is 2.42. The van der Waals surface area contributed by atoms with Crippen LogP contribution in [0.25, 0.3) is 0 Å². The first-order valence-electron chi connectivity index (χ1n) is 9.02. The quantitative estimate of drug-likeness (QED) is 0.543. The number of rotatable bonds is 9. The van der Waals surface area contributed by atoms with Crippen molar-refractivity contribution in [3.05, 3.63) is 0 Å². The normalized spacial score (nSPS) is 27.8. The van der Waals surface area contributed by atoms with E-state index in [0.29, 0.717) is 30.0 Å². The van der Waals surface area contributed by atoms with Crippen molar-refractivity contribution >= 4 is 5.78 Å². The van der Waals surface area contributed by atoms with E-state index in [1.165, 1.54) is 38.5 Å². The number of ether oxygens (including phenoxy) is 1. The van der Waals surface area contributed by atoms with Crippen LogP contribution in [0.2, 0.25) is 0 Å². The zero-order chi connectivity index (χ0) is 15.8. The van der Waals surface area contributed by atoms with Gasteiger partial charge in [0.25, 0.3) is 0 Å². The van der Waals surface area contributed by atoms with Gasteiger partial charge in [-0.05, 0) is 30.1 Å². The molecule has 0 amide bonds. The SMILES string of the molecule is COC(C(=O)CCCCCC(C)C)C1C(C)CCCC1C. The summed E-state index contributed by atoms with van der Waals surface area (Å²) in [6, 6.07) is 0. The van der Waals surface area contributed by atoms with Crippen molar-refractivity contribution < 1.29 is 9.53 Å². The standard InChI is InChI=1S/C19H36O2/c1-14(2)10-7-6-8-13-17(20)19(21-5)18-15(3)11-9-12-16(18)4/h14-16,18-19H,6-13H2,1-5H3. The average molecular weight is 296 g/mol. The summed E-state index contributed by atoms with van der Waals surface area (Å²) in [6.45, 7) is 9.11. The van der Waals surface area contributed by atoms with Crippen LogP contribution in [0.3, 0.4) is 0 Å². The van der Waals surface area contributed by atoms with Gasteiger partial charge in [0.2, 0.25) is 0 Å². The van der Waals surface area contributed by atoms with E-state index in [1.807, 2.05) is 0 Å². The third-order valence-corrected chi connectivity index (χ3v) is 5.26. The summed E-state index contributed by atoms with van der Waals surface area (Å²) in [4.78, 5) is 12.5. The molecule has 0 aromatic carbocycles. The van der Waals surface area contributed by atoms with Gasteiger partial charge in [0, 0.05) is 13.5 Å². The van der Waals surface area contributed by atoms with Gasteiger partial charge in [-0.1, -0.05) is 66.2 Å². The molecule has 1 aliphatic rings. The molecule has 3 unspecified atom stereocenters. The summed E-state index contributed by atoms with van der Waals surface area (Å²) in [6.07, 6.45) is 9.06. The molecular weight excluding hydrogens is 260 g/mol. The lowest BCUT2D eigenvalue weighted by Gasteiger charge is -2.38. The van der Waals surface area contributed by atoms with E-state index in [-0.39, 0.29) is 6.10 Å².